The Morgan fingerprint density at radius 1 is 1.39 bits per heavy atom. The predicted molar refractivity (Wildman–Crippen MR) is 70.3 cm³/mol. The number of Topliss-reactive ketones (excluding diaryl/α,β-unsaturated/α-hetero) is 1. The molecule has 0 bridgehead atoms. The van der Waals surface area contributed by atoms with Gasteiger partial charge in [-0.3, -0.25) is 9.59 Å². The molecule has 5 heteroatoms. The van der Waals surface area contributed by atoms with Gasteiger partial charge in [-0.15, -0.1) is 11.6 Å². The quantitative estimate of drug-likeness (QED) is 0.787. The van der Waals surface area contributed by atoms with Crippen molar-refractivity contribution >= 4 is 23.3 Å². The van der Waals surface area contributed by atoms with Crippen molar-refractivity contribution in [2.24, 2.45) is 7.05 Å². The molecule has 2 heterocycles. The van der Waals surface area contributed by atoms with Crippen LogP contribution in [0.4, 0.5) is 0 Å². The predicted octanol–water partition coefficient (Wildman–Crippen LogP) is 1.99. The zero-order valence-corrected chi connectivity index (χ0v) is 11.5. The van der Waals surface area contributed by atoms with Crippen molar-refractivity contribution in [3.05, 3.63) is 23.0 Å². The van der Waals surface area contributed by atoms with Gasteiger partial charge in [-0.1, -0.05) is 0 Å². The van der Waals surface area contributed by atoms with Crippen molar-refractivity contribution in [1.82, 2.24) is 9.47 Å². The minimum Gasteiger partial charge on any atom is -0.347 e. The molecular weight excluding hydrogens is 252 g/mol. The van der Waals surface area contributed by atoms with Crippen LogP contribution in [0, 0.1) is 6.92 Å². The number of alkyl halides is 1. The maximum absolute atomic E-state index is 12.4. The summed E-state index contributed by atoms with van der Waals surface area (Å²) in [6.45, 7) is 2.97. The lowest BCUT2D eigenvalue weighted by atomic mass is 10.1. The summed E-state index contributed by atoms with van der Waals surface area (Å²) in [7, 11) is 1.81. The molecular formula is C13H17ClN2O2. The second-order valence-electron chi connectivity index (χ2n) is 4.65. The first kappa shape index (κ1) is 13.1. The molecule has 0 radical (unpaired) electrons. The van der Waals surface area contributed by atoms with Gasteiger partial charge in [0.2, 0.25) is 0 Å². The highest BCUT2D eigenvalue weighted by Gasteiger charge is 2.30. The lowest BCUT2D eigenvalue weighted by Gasteiger charge is -2.19. The highest BCUT2D eigenvalue weighted by molar-refractivity contribution is 6.17. The Hall–Kier alpha value is -1.29. The smallest absolute Gasteiger partial charge is 0.256 e. The Labute approximate surface area is 112 Å². The molecule has 18 heavy (non-hydrogen) atoms. The Morgan fingerprint density at radius 2 is 2.11 bits per heavy atom. The summed E-state index contributed by atoms with van der Waals surface area (Å²) in [4.78, 5) is 26.3. The van der Waals surface area contributed by atoms with E-state index in [-0.39, 0.29) is 11.7 Å². The first-order valence-electron chi connectivity index (χ1n) is 6.10. The lowest BCUT2D eigenvalue weighted by Crippen LogP contribution is -2.32. The van der Waals surface area contributed by atoms with Gasteiger partial charge in [0.05, 0.1) is 11.3 Å². The summed E-state index contributed by atoms with van der Waals surface area (Å²) in [6, 6.07) is 0. The van der Waals surface area contributed by atoms with Crippen LogP contribution in [0.1, 0.15) is 39.3 Å². The summed E-state index contributed by atoms with van der Waals surface area (Å²) >= 11 is 5.66. The van der Waals surface area contributed by atoms with Gasteiger partial charge in [0, 0.05) is 38.6 Å². The highest BCUT2D eigenvalue weighted by atomic mass is 35.5. The average molecular weight is 269 g/mol. The Kier molecular flexibility index (Phi) is 3.76. The van der Waals surface area contributed by atoms with Gasteiger partial charge >= 0.3 is 0 Å². The van der Waals surface area contributed by atoms with Gasteiger partial charge in [-0.2, -0.15) is 0 Å². The van der Waals surface area contributed by atoms with Crippen molar-refractivity contribution in [3.8, 4) is 0 Å². The molecule has 0 fully saturated rings. The van der Waals surface area contributed by atoms with Crippen molar-refractivity contribution in [2.45, 2.75) is 19.8 Å². The third-order valence-corrected chi connectivity index (χ3v) is 3.57. The highest BCUT2D eigenvalue weighted by Crippen LogP contribution is 2.23. The molecule has 0 atom stereocenters. The zero-order valence-electron chi connectivity index (χ0n) is 10.7. The Morgan fingerprint density at radius 3 is 2.78 bits per heavy atom. The van der Waals surface area contributed by atoms with Crippen LogP contribution in [-0.2, 0) is 7.05 Å². The molecule has 1 amide bonds. The molecule has 1 aromatic rings. The van der Waals surface area contributed by atoms with Crippen LogP contribution in [0.5, 0.6) is 0 Å². The van der Waals surface area contributed by atoms with E-state index in [1.54, 1.807) is 9.47 Å². The number of fused-ring (bicyclic) bond motifs is 1. The van der Waals surface area contributed by atoms with Crippen LogP contribution < -0.4 is 0 Å². The number of rotatable bonds is 3. The van der Waals surface area contributed by atoms with Crippen LogP contribution in [0.15, 0.2) is 6.20 Å². The maximum atomic E-state index is 12.4. The van der Waals surface area contributed by atoms with Crippen molar-refractivity contribution in [1.29, 1.82) is 0 Å². The van der Waals surface area contributed by atoms with E-state index in [9.17, 15) is 9.59 Å². The summed E-state index contributed by atoms with van der Waals surface area (Å²) < 4.78 is 1.76. The molecule has 0 saturated heterocycles. The van der Waals surface area contributed by atoms with Crippen LogP contribution >= 0.6 is 11.6 Å². The first-order chi connectivity index (χ1) is 8.56. The normalized spacial score (nSPS) is 15.8. The molecule has 98 valence electrons. The molecule has 0 spiro atoms. The van der Waals surface area contributed by atoms with Crippen molar-refractivity contribution < 1.29 is 9.59 Å². The molecule has 1 aromatic heterocycles. The molecule has 0 N–H and O–H groups in total. The van der Waals surface area contributed by atoms with E-state index in [0.717, 1.165) is 12.0 Å². The van der Waals surface area contributed by atoms with Crippen LogP contribution in [0.3, 0.4) is 0 Å². The van der Waals surface area contributed by atoms with E-state index >= 15 is 0 Å². The van der Waals surface area contributed by atoms with E-state index in [0.29, 0.717) is 36.6 Å². The molecule has 0 aromatic carbocycles. The molecule has 4 nitrogen and oxygen atoms in total. The SMILES string of the molecule is Cc1cn(C)c2c1C(=O)N(CCCCl)CCC2=O. The van der Waals surface area contributed by atoms with E-state index in [4.69, 9.17) is 11.6 Å². The van der Waals surface area contributed by atoms with Gasteiger partial charge in [0.1, 0.15) is 0 Å². The Bertz CT molecular complexity index is 493. The number of ketones is 1. The molecule has 1 aliphatic heterocycles. The van der Waals surface area contributed by atoms with Gasteiger partial charge in [-0.25, -0.2) is 0 Å². The average Bonchev–Trinajstić information content (AvgIpc) is 2.55. The Balaban J connectivity index is 2.40. The summed E-state index contributed by atoms with van der Waals surface area (Å²) in [5, 5.41) is 0. The number of hydrogen-bond donors (Lipinski definition) is 0. The third kappa shape index (κ3) is 2.17. The third-order valence-electron chi connectivity index (χ3n) is 3.31. The molecule has 0 saturated carbocycles. The fourth-order valence-electron chi connectivity index (χ4n) is 2.47. The fraction of sp³-hybridized carbons (Fsp3) is 0.538. The number of aromatic nitrogens is 1. The summed E-state index contributed by atoms with van der Waals surface area (Å²) in [5.74, 6) is 0.527. The number of aryl methyl sites for hydroxylation is 2. The molecule has 1 aliphatic rings. The molecule has 2 rings (SSSR count). The molecule has 0 unspecified atom stereocenters. The van der Waals surface area contributed by atoms with Crippen LogP contribution in [-0.4, -0.2) is 40.1 Å². The van der Waals surface area contributed by atoms with Crippen LogP contribution in [0.2, 0.25) is 0 Å². The second kappa shape index (κ2) is 5.14. The monoisotopic (exact) mass is 268 g/mol. The number of carbonyl (C=O) groups excluding carboxylic acids is 2. The maximum Gasteiger partial charge on any atom is 0.256 e. The number of hydrogen-bond acceptors (Lipinski definition) is 2. The topological polar surface area (TPSA) is 42.3 Å². The minimum absolute atomic E-state index is 0.0425. The second-order valence-corrected chi connectivity index (χ2v) is 5.03. The molecule has 0 aliphatic carbocycles. The standard InChI is InChI=1S/C13H17ClN2O2/c1-9-8-15(2)12-10(17)4-7-16(6-3-5-14)13(18)11(9)12/h8H,3-7H2,1-2H3. The van der Waals surface area contributed by atoms with E-state index in [1.807, 2.05) is 20.2 Å². The van der Waals surface area contributed by atoms with Crippen molar-refractivity contribution in [3.63, 3.8) is 0 Å². The van der Waals surface area contributed by atoms with Crippen molar-refractivity contribution in [2.75, 3.05) is 19.0 Å². The van der Waals surface area contributed by atoms with E-state index in [2.05, 4.69) is 0 Å². The minimum atomic E-state index is -0.0425. The van der Waals surface area contributed by atoms with Crippen LogP contribution in [0.25, 0.3) is 0 Å². The fourth-order valence-corrected chi connectivity index (χ4v) is 2.59. The van der Waals surface area contributed by atoms with E-state index < -0.39 is 0 Å². The van der Waals surface area contributed by atoms with Gasteiger partial charge < -0.3 is 9.47 Å². The zero-order chi connectivity index (χ0) is 13.3. The van der Waals surface area contributed by atoms with E-state index in [1.165, 1.54) is 0 Å². The largest absolute Gasteiger partial charge is 0.347 e. The summed E-state index contributed by atoms with van der Waals surface area (Å²) in [5.41, 5.74) is 1.98. The number of carbonyl (C=O) groups is 2. The first-order valence-corrected chi connectivity index (χ1v) is 6.64. The summed E-state index contributed by atoms with van der Waals surface area (Å²) in [6.07, 6.45) is 2.98. The number of amides is 1. The van der Waals surface area contributed by atoms with Gasteiger partial charge in [-0.05, 0) is 18.9 Å². The number of halogens is 1. The number of nitrogens with zero attached hydrogens (tertiary/aromatic N) is 2. The lowest BCUT2D eigenvalue weighted by molar-refractivity contribution is 0.0758. The van der Waals surface area contributed by atoms with Gasteiger partial charge in [0.25, 0.3) is 5.91 Å². The van der Waals surface area contributed by atoms with Gasteiger partial charge in [0.15, 0.2) is 5.78 Å².